The Morgan fingerprint density at radius 3 is 2.53 bits per heavy atom. The molecule has 0 unspecified atom stereocenters. The normalized spacial score (nSPS) is 11.1. The summed E-state index contributed by atoms with van der Waals surface area (Å²) < 4.78 is 22.7. The number of hydrogen-bond acceptors (Lipinski definition) is 3. The van der Waals surface area contributed by atoms with Crippen LogP contribution in [-0.2, 0) is 15.5 Å². The van der Waals surface area contributed by atoms with Crippen molar-refractivity contribution in [3.63, 3.8) is 0 Å². The minimum atomic E-state index is -3.78. The van der Waals surface area contributed by atoms with E-state index in [2.05, 4.69) is 0 Å². The molecule has 1 aromatic carbocycles. The lowest BCUT2D eigenvalue weighted by Crippen LogP contribution is -2.00. The van der Waals surface area contributed by atoms with Gasteiger partial charge in [-0.05, 0) is 40.6 Å². The van der Waals surface area contributed by atoms with Crippen LogP contribution < -0.4 is 0 Å². The molecule has 1 aromatic rings. The molecule has 0 saturated carbocycles. The number of nitriles is 1. The van der Waals surface area contributed by atoms with Gasteiger partial charge in [-0.2, -0.15) is 5.26 Å². The van der Waals surface area contributed by atoms with Gasteiger partial charge in [-0.15, -0.1) is 0 Å². The molecule has 0 fully saturated rings. The summed E-state index contributed by atoms with van der Waals surface area (Å²) in [6.45, 7) is 1.90. The SMILES string of the molecule is CCc1ccc(S(=O)(=O)Cl)c(I)c1C#N. The molecule has 0 atom stereocenters. The summed E-state index contributed by atoms with van der Waals surface area (Å²) in [4.78, 5) is -0.00137. The number of halogens is 2. The van der Waals surface area contributed by atoms with Crippen molar-refractivity contribution in [3.8, 4) is 6.07 Å². The highest BCUT2D eigenvalue weighted by molar-refractivity contribution is 14.1. The Balaban J connectivity index is 3.59. The highest BCUT2D eigenvalue weighted by Crippen LogP contribution is 2.27. The standard InChI is InChI=1S/C9H7ClINO2S/c1-2-6-3-4-8(15(10,13)14)9(11)7(6)5-12/h3-4H,2H2,1H3. The fraction of sp³-hybridized carbons (Fsp3) is 0.222. The largest absolute Gasteiger partial charge is 0.262 e. The highest BCUT2D eigenvalue weighted by atomic mass is 127. The van der Waals surface area contributed by atoms with E-state index in [9.17, 15) is 8.42 Å². The molecule has 1 rings (SSSR count). The van der Waals surface area contributed by atoms with Gasteiger partial charge in [0.15, 0.2) is 0 Å². The van der Waals surface area contributed by atoms with E-state index >= 15 is 0 Å². The minimum absolute atomic E-state index is 0.00137. The Labute approximate surface area is 107 Å². The molecular formula is C9H7ClINO2S. The summed E-state index contributed by atoms with van der Waals surface area (Å²) in [6.07, 6.45) is 0.682. The molecule has 0 aromatic heterocycles. The number of hydrogen-bond donors (Lipinski definition) is 0. The highest BCUT2D eigenvalue weighted by Gasteiger charge is 2.18. The van der Waals surface area contributed by atoms with Crippen molar-refractivity contribution >= 4 is 42.3 Å². The lowest BCUT2D eigenvalue weighted by Gasteiger charge is -2.06. The van der Waals surface area contributed by atoms with Crippen LogP contribution in [0.25, 0.3) is 0 Å². The predicted octanol–water partition coefficient (Wildman–Crippen LogP) is 2.65. The van der Waals surface area contributed by atoms with Crippen molar-refractivity contribution in [2.45, 2.75) is 18.2 Å². The van der Waals surface area contributed by atoms with E-state index in [-0.39, 0.29) is 4.90 Å². The molecule has 15 heavy (non-hydrogen) atoms. The van der Waals surface area contributed by atoms with Crippen LogP contribution in [0.2, 0.25) is 0 Å². The van der Waals surface area contributed by atoms with Gasteiger partial charge in [-0.1, -0.05) is 13.0 Å². The first-order valence-electron chi connectivity index (χ1n) is 4.08. The van der Waals surface area contributed by atoms with Crippen molar-refractivity contribution in [1.29, 1.82) is 5.26 Å². The van der Waals surface area contributed by atoms with Gasteiger partial charge < -0.3 is 0 Å². The van der Waals surface area contributed by atoms with Crippen molar-refractivity contribution in [3.05, 3.63) is 26.8 Å². The average Bonchev–Trinajstić information content (AvgIpc) is 2.15. The van der Waals surface area contributed by atoms with Crippen LogP contribution in [0, 0.1) is 14.9 Å². The zero-order valence-electron chi connectivity index (χ0n) is 7.79. The van der Waals surface area contributed by atoms with Crippen molar-refractivity contribution in [1.82, 2.24) is 0 Å². The van der Waals surface area contributed by atoms with E-state index < -0.39 is 9.05 Å². The Hall–Kier alpha value is -0.320. The average molecular weight is 356 g/mol. The minimum Gasteiger partial charge on any atom is -0.207 e. The van der Waals surface area contributed by atoms with Gasteiger partial charge in [0, 0.05) is 10.7 Å². The maximum atomic E-state index is 11.2. The van der Waals surface area contributed by atoms with Crippen LogP contribution >= 0.6 is 33.3 Å². The monoisotopic (exact) mass is 355 g/mol. The molecule has 0 N–H and O–H groups in total. The van der Waals surface area contributed by atoms with Crippen LogP contribution in [-0.4, -0.2) is 8.42 Å². The fourth-order valence-corrected chi connectivity index (χ4v) is 4.04. The number of rotatable bonds is 2. The molecule has 0 spiro atoms. The fourth-order valence-electron chi connectivity index (χ4n) is 1.20. The van der Waals surface area contributed by atoms with Crippen molar-refractivity contribution in [2.24, 2.45) is 0 Å². The molecule has 6 heteroatoms. The smallest absolute Gasteiger partial charge is 0.207 e. The molecule has 0 aliphatic carbocycles. The van der Waals surface area contributed by atoms with Crippen LogP contribution in [0.3, 0.4) is 0 Å². The zero-order valence-corrected chi connectivity index (χ0v) is 11.5. The van der Waals surface area contributed by atoms with Crippen LogP contribution in [0.1, 0.15) is 18.1 Å². The van der Waals surface area contributed by atoms with Gasteiger partial charge in [0.25, 0.3) is 9.05 Å². The lowest BCUT2D eigenvalue weighted by molar-refractivity contribution is 0.609. The Bertz CT molecular complexity index is 534. The number of benzene rings is 1. The Morgan fingerprint density at radius 1 is 1.53 bits per heavy atom. The third-order valence-corrected chi connectivity index (χ3v) is 4.80. The molecule has 3 nitrogen and oxygen atoms in total. The van der Waals surface area contributed by atoms with Gasteiger partial charge in [-0.25, -0.2) is 8.42 Å². The van der Waals surface area contributed by atoms with E-state index in [0.29, 0.717) is 15.6 Å². The maximum Gasteiger partial charge on any atom is 0.262 e. The van der Waals surface area contributed by atoms with Gasteiger partial charge in [0.2, 0.25) is 0 Å². The van der Waals surface area contributed by atoms with E-state index in [1.807, 2.05) is 35.6 Å². The first-order valence-corrected chi connectivity index (χ1v) is 7.46. The van der Waals surface area contributed by atoms with Crippen LogP contribution in [0.15, 0.2) is 17.0 Å². The molecule has 0 radical (unpaired) electrons. The summed E-state index contributed by atoms with van der Waals surface area (Å²) in [5.74, 6) is 0. The summed E-state index contributed by atoms with van der Waals surface area (Å²) in [6, 6.07) is 5.05. The van der Waals surface area contributed by atoms with Crippen LogP contribution in [0.5, 0.6) is 0 Å². The maximum absolute atomic E-state index is 11.2. The van der Waals surface area contributed by atoms with Gasteiger partial charge >= 0.3 is 0 Å². The van der Waals surface area contributed by atoms with Gasteiger partial charge in [-0.3, -0.25) is 0 Å². The molecule has 0 heterocycles. The topological polar surface area (TPSA) is 57.9 Å². The van der Waals surface area contributed by atoms with Crippen LogP contribution in [0.4, 0.5) is 0 Å². The lowest BCUT2D eigenvalue weighted by atomic mass is 10.1. The summed E-state index contributed by atoms with van der Waals surface area (Å²) in [7, 11) is 1.47. The molecule has 80 valence electrons. The number of nitrogens with zero attached hydrogens (tertiary/aromatic N) is 1. The summed E-state index contributed by atoms with van der Waals surface area (Å²) in [5.41, 5.74) is 1.21. The van der Waals surface area contributed by atoms with Crippen molar-refractivity contribution in [2.75, 3.05) is 0 Å². The third kappa shape index (κ3) is 2.62. The second-order valence-electron chi connectivity index (χ2n) is 2.82. The predicted molar refractivity (Wildman–Crippen MR) is 66.3 cm³/mol. The molecule has 0 aliphatic heterocycles. The Kier molecular flexibility index (Phi) is 3.98. The first kappa shape index (κ1) is 12.7. The van der Waals surface area contributed by atoms with E-state index in [0.717, 1.165) is 5.56 Å². The summed E-state index contributed by atoms with van der Waals surface area (Å²) >= 11 is 1.83. The zero-order chi connectivity index (χ0) is 11.6. The second kappa shape index (κ2) is 4.68. The van der Waals surface area contributed by atoms with E-state index in [1.54, 1.807) is 6.07 Å². The molecule has 0 saturated heterocycles. The molecule has 0 bridgehead atoms. The first-order chi connectivity index (χ1) is 6.91. The second-order valence-corrected chi connectivity index (χ2v) is 6.43. The Morgan fingerprint density at radius 2 is 2.13 bits per heavy atom. The quantitative estimate of drug-likeness (QED) is 0.605. The molecule has 0 amide bonds. The van der Waals surface area contributed by atoms with Crippen molar-refractivity contribution < 1.29 is 8.42 Å². The summed E-state index contributed by atoms with van der Waals surface area (Å²) in [5, 5.41) is 8.93. The number of aryl methyl sites for hydroxylation is 1. The van der Waals surface area contributed by atoms with E-state index in [4.69, 9.17) is 15.9 Å². The van der Waals surface area contributed by atoms with Gasteiger partial charge in [0.05, 0.1) is 14.0 Å². The van der Waals surface area contributed by atoms with Gasteiger partial charge in [0.1, 0.15) is 6.07 Å². The third-order valence-electron chi connectivity index (χ3n) is 1.95. The molecule has 0 aliphatic rings. The molecular weight excluding hydrogens is 349 g/mol. The van der Waals surface area contributed by atoms with E-state index in [1.165, 1.54) is 6.07 Å².